The molecule has 0 amide bonds. The van der Waals surface area contributed by atoms with Gasteiger partial charge in [-0.15, -0.1) is 0 Å². The van der Waals surface area contributed by atoms with E-state index >= 15 is 0 Å². The lowest BCUT2D eigenvalue weighted by molar-refractivity contribution is 0.133. The molecule has 106 valence electrons. The quantitative estimate of drug-likeness (QED) is 0.853. The lowest BCUT2D eigenvalue weighted by Gasteiger charge is -2.42. The molecular weight excluding hydrogens is 230 g/mol. The van der Waals surface area contributed by atoms with Crippen LogP contribution in [0, 0.1) is 12.3 Å². The van der Waals surface area contributed by atoms with E-state index in [2.05, 4.69) is 58.3 Å². The van der Waals surface area contributed by atoms with Gasteiger partial charge in [-0.25, -0.2) is 0 Å². The van der Waals surface area contributed by atoms with E-state index in [0.717, 1.165) is 6.54 Å². The van der Waals surface area contributed by atoms with E-state index in [-0.39, 0.29) is 5.41 Å². The Labute approximate surface area is 118 Å². The van der Waals surface area contributed by atoms with Crippen molar-refractivity contribution in [1.29, 1.82) is 0 Å². The van der Waals surface area contributed by atoms with Gasteiger partial charge in [-0.05, 0) is 60.8 Å². The molecule has 0 spiro atoms. The van der Waals surface area contributed by atoms with E-state index < -0.39 is 0 Å². The molecule has 19 heavy (non-hydrogen) atoms. The summed E-state index contributed by atoms with van der Waals surface area (Å²) in [6.45, 7) is 10.3. The van der Waals surface area contributed by atoms with Crippen LogP contribution in [0.5, 0.6) is 0 Å². The largest absolute Gasteiger partial charge is 0.319 e. The van der Waals surface area contributed by atoms with Gasteiger partial charge < -0.3 is 5.32 Å². The third-order valence-corrected chi connectivity index (χ3v) is 4.74. The maximum atomic E-state index is 3.39. The van der Waals surface area contributed by atoms with Crippen molar-refractivity contribution in [3.05, 3.63) is 34.9 Å². The fraction of sp³-hybridized carbons (Fsp3) is 0.667. The second-order valence-electron chi connectivity index (χ2n) is 7.45. The molecule has 1 nitrogen and oxygen atoms in total. The molecule has 0 radical (unpaired) electrons. The summed E-state index contributed by atoms with van der Waals surface area (Å²) in [4.78, 5) is 0. The number of hydrogen-bond acceptors (Lipinski definition) is 1. The molecule has 1 aromatic carbocycles. The van der Waals surface area contributed by atoms with E-state index in [0.29, 0.717) is 5.41 Å². The van der Waals surface area contributed by atoms with E-state index in [1.165, 1.54) is 36.8 Å². The normalized spacial score (nSPS) is 18.2. The molecule has 2 rings (SSSR count). The minimum atomic E-state index is 0.252. The van der Waals surface area contributed by atoms with Gasteiger partial charge in [-0.1, -0.05) is 45.4 Å². The molecule has 1 fully saturated rings. The molecule has 0 atom stereocenters. The summed E-state index contributed by atoms with van der Waals surface area (Å²) >= 11 is 0. The van der Waals surface area contributed by atoms with E-state index in [1.807, 2.05) is 0 Å². The standard InChI is InChI=1S/C18H29N/c1-14-11-16(17(2,3)4)8-7-15(14)12-18(13-19-5)9-6-10-18/h7-8,11,19H,6,9-10,12-13H2,1-5H3. The molecule has 1 aromatic rings. The van der Waals surface area contributed by atoms with Gasteiger partial charge in [0.25, 0.3) is 0 Å². The van der Waals surface area contributed by atoms with Gasteiger partial charge in [0.1, 0.15) is 0 Å². The number of rotatable bonds is 4. The lowest BCUT2D eigenvalue weighted by Crippen LogP contribution is -2.40. The minimum Gasteiger partial charge on any atom is -0.319 e. The van der Waals surface area contributed by atoms with Crippen LogP contribution in [0.4, 0.5) is 0 Å². The molecule has 1 N–H and O–H groups in total. The second-order valence-corrected chi connectivity index (χ2v) is 7.45. The first-order chi connectivity index (χ1) is 8.86. The highest BCUT2D eigenvalue weighted by Crippen LogP contribution is 2.43. The number of benzene rings is 1. The number of hydrogen-bond donors (Lipinski definition) is 1. The van der Waals surface area contributed by atoms with E-state index in [4.69, 9.17) is 0 Å². The first-order valence-electron chi connectivity index (χ1n) is 7.61. The SMILES string of the molecule is CNCC1(Cc2ccc(C(C)(C)C)cc2C)CCC1. The summed E-state index contributed by atoms with van der Waals surface area (Å²) < 4.78 is 0. The Balaban J connectivity index is 2.17. The van der Waals surface area contributed by atoms with Crippen molar-refractivity contribution in [2.45, 2.75) is 58.8 Å². The predicted octanol–water partition coefficient (Wildman–Crippen LogP) is 4.22. The Morgan fingerprint density at radius 2 is 1.89 bits per heavy atom. The molecule has 1 aliphatic rings. The molecule has 0 bridgehead atoms. The maximum absolute atomic E-state index is 3.39. The van der Waals surface area contributed by atoms with Gasteiger partial charge in [0, 0.05) is 6.54 Å². The van der Waals surface area contributed by atoms with Crippen molar-refractivity contribution in [3.63, 3.8) is 0 Å². The number of aryl methyl sites for hydroxylation is 1. The van der Waals surface area contributed by atoms with Crippen LogP contribution in [0.3, 0.4) is 0 Å². The maximum Gasteiger partial charge on any atom is 0.000799 e. The highest BCUT2D eigenvalue weighted by Gasteiger charge is 2.36. The molecule has 0 heterocycles. The summed E-state index contributed by atoms with van der Waals surface area (Å²) in [6.07, 6.45) is 5.41. The van der Waals surface area contributed by atoms with Gasteiger partial charge in [0.2, 0.25) is 0 Å². The molecular formula is C18H29N. The van der Waals surface area contributed by atoms with Gasteiger partial charge in [-0.3, -0.25) is 0 Å². The van der Waals surface area contributed by atoms with Crippen LogP contribution < -0.4 is 5.32 Å². The van der Waals surface area contributed by atoms with Crippen molar-refractivity contribution in [1.82, 2.24) is 5.32 Å². The van der Waals surface area contributed by atoms with Crippen LogP contribution in [0.1, 0.15) is 56.7 Å². The van der Waals surface area contributed by atoms with Crippen LogP contribution in [-0.4, -0.2) is 13.6 Å². The molecule has 0 aromatic heterocycles. The number of nitrogens with one attached hydrogen (secondary N) is 1. The van der Waals surface area contributed by atoms with Crippen molar-refractivity contribution >= 4 is 0 Å². The van der Waals surface area contributed by atoms with Crippen molar-refractivity contribution in [3.8, 4) is 0 Å². The second kappa shape index (κ2) is 5.28. The highest BCUT2D eigenvalue weighted by molar-refractivity contribution is 5.35. The first-order valence-corrected chi connectivity index (χ1v) is 7.61. The van der Waals surface area contributed by atoms with E-state index in [9.17, 15) is 0 Å². The Morgan fingerprint density at radius 1 is 1.21 bits per heavy atom. The molecule has 0 aliphatic heterocycles. The molecule has 1 heteroatoms. The highest BCUT2D eigenvalue weighted by atomic mass is 14.8. The molecule has 0 unspecified atom stereocenters. The Morgan fingerprint density at radius 3 is 2.32 bits per heavy atom. The van der Waals surface area contributed by atoms with Crippen molar-refractivity contribution in [2.24, 2.45) is 5.41 Å². The lowest BCUT2D eigenvalue weighted by atomic mass is 9.65. The van der Waals surface area contributed by atoms with Gasteiger partial charge in [-0.2, -0.15) is 0 Å². The Hall–Kier alpha value is -0.820. The summed E-state index contributed by atoms with van der Waals surface area (Å²) in [6, 6.07) is 7.08. The van der Waals surface area contributed by atoms with Gasteiger partial charge in [0.15, 0.2) is 0 Å². The van der Waals surface area contributed by atoms with Crippen LogP contribution in [0.2, 0.25) is 0 Å². The summed E-state index contributed by atoms with van der Waals surface area (Å²) in [5.74, 6) is 0. The van der Waals surface area contributed by atoms with Crippen LogP contribution in [-0.2, 0) is 11.8 Å². The third-order valence-electron chi connectivity index (χ3n) is 4.74. The molecule has 0 saturated heterocycles. The van der Waals surface area contributed by atoms with E-state index in [1.54, 1.807) is 5.56 Å². The smallest absolute Gasteiger partial charge is 0.000799 e. The third kappa shape index (κ3) is 3.20. The van der Waals surface area contributed by atoms with Crippen molar-refractivity contribution in [2.75, 3.05) is 13.6 Å². The Kier molecular flexibility index (Phi) is 4.06. The van der Waals surface area contributed by atoms with Gasteiger partial charge in [0.05, 0.1) is 0 Å². The predicted molar refractivity (Wildman–Crippen MR) is 83.8 cm³/mol. The zero-order valence-corrected chi connectivity index (χ0v) is 13.3. The topological polar surface area (TPSA) is 12.0 Å². The summed E-state index contributed by atoms with van der Waals surface area (Å²) in [5.41, 5.74) is 5.24. The molecule has 1 aliphatic carbocycles. The van der Waals surface area contributed by atoms with Crippen LogP contribution in [0.25, 0.3) is 0 Å². The average molecular weight is 259 g/mol. The van der Waals surface area contributed by atoms with Crippen LogP contribution in [0.15, 0.2) is 18.2 Å². The fourth-order valence-corrected chi connectivity index (χ4v) is 3.23. The Bertz CT molecular complexity index is 435. The van der Waals surface area contributed by atoms with Crippen LogP contribution >= 0.6 is 0 Å². The zero-order chi connectivity index (χ0) is 14.1. The summed E-state index contributed by atoms with van der Waals surface area (Å²) in [7, 11) is 2.08. The minimum absolute atomic E-state index is 0.252. The fourth-order valence-electron chi connectivity index (χ4n) is 3.23. The monoisotopic (exact) mass is 259 g/mol. The molecule has 1 saturated carbocycles. The first kappa shape index (κ1) is 14.6. The van der Waals surface area contributed by atoms with Crippen molar-refractivity contribution < 1.29 is 0 Å². The zero-order valence-electron chi connectivity index (χ0n) is 13.3. The summed E-state index contributed by atoms with van der Waals surface area (Å²) in [5, 5.41) is 3.39. The average Bonchev–Trinajstić information content (AvgIpc) is 2.27. The van der Waals surface area contributed by atoms with Gasteiger partial charge >= 0.3 is 0 Å².